The number of nitrogens with one attached hydrogen (secondary N) is 2. The van der Waals surface area contributed by atoms with Gasteiger partial charge in [0.2, 0.25) is 5.91 Å². The summed E-state index contributed by atoms with van der Waals surface area (Å²) < 4.78 is 1.03. The van der Waals surface area contributed by atoms with E-state index >= 15 is 0 Å². The van der Waals surface area contributed by atoms with Crippen molar-refractivity contribution in [3.63, 3.8) is 0 Å². The molecule has 0 unspecified atom stereocenters. The lowest BCUT2D eigenvalue weighted by Gasteiger charge is -2.17. The molecule has 1 fully saturated rings. The highest BCUT2D eigenvalue weighted by molar-refractivity contribution is 9.10. The Morgan fingerprint density at radius 3 is 2.74 bits per heavy atom. The summed E-state index contributed by atoms with van der Waals surface area (Å²) in [7, 11) is 0. The quantitative estimate of drug-likeness (QED) is 0.873. The third-order valence-electron chi connectivity index (χ3n) is 3.66. The second-order valence-corrected chi connectivity index (χ2v) is 6.03. The van der Waals surface area contributed by atoms with Gasteiger partial charge in [-0.05, 0) is 31.4 Å². The predicted octanol–water partition coefficient (Wildman–Crippen LogP) is 3.16. The molecule has 0 saturated heterocycles. The second-order valence-electron chi connectivity index (χ2n) is 5.17. The van der Waals surface area contributed by atoms with Crippen molar-refractivity contribution >= 4 is 21.8 Å². The van der Waals surface area contributed by atoms with Gasteiger partial charge in [0.1, 0.15) is 0 Å². The first kappa shape index (κ1) is 14.5. The average Bonchev–Trinajstić information content (AvgIpc) is 2.90. The third-order valence-corrected chi connectivity index (χ3v) is 4.38. The first-order valence-corrected chi connectivity index (χ1v) is 7.73. The van der Waals surface area contributed by atoms with Crippen LogP contribution in [-0.4, -0.2) is 18.5 Å². The number of halogens is 1. The second kappa shape index (κ2) is 7.06. The minimum absolute atomic E-state index is 0.0217. The summed E-state index contributed by atoms with van der Waals surface area (Å²) in [4.78, 5) is 11.9. The van der Waals surface area contributed by atoms with Crippen LogP contribution in [0.15, 0.2) is 28.7 Å². The van der Waals surface area contributed by atoms with E-state index in [0.717, 1.165) is 10.0 Å². The molecule has 1 amide bonds. The molecular weight excluding hydrogens is 304 g/mol. The van der Waals surface area contributed by atoms with Crippen LogP contribution in [0.2, 0.25) is 0 Å². The van der Waals surface area contributed by atoms with Crippen molar-refractivity contribution in [1.82, 2.24) is 10.6 Å². The van der Waals surface area contributed by atoms with E-state index in [0.29, 0.717) is 12.6 Å². The molecule has 0 radical (unpaired) electrons. The molecule has 19 heavy (non-hydrogen) atoms. The van der Waals surface area contributed by atoms with E-state index in [1.54, 1.807) is 0 Å². The zero-order valence-electron chi connectivity index (χ0n) is 11.3. The number of hydrogen-bond acceptors (Lipinski definition) is 2. The number of rotatable bonds is 5. The summed E-state index contributed by atoms with van der Waals surface area (Å²) >= 11 is 3.51. The fraction of sp³-hybridized carbons (Fsp3) is 0.533. The van der Waals surface area contributed by atoms with Gasteiger partial charge < -0.3 is 10.6 Å². The topological polar surface area (TPSA) is 41.1 Å². The molecule has 2 N–H and O–H groups in total. The summed E-state index contributed by atoms with van der Waals surface area (Å²) in [6.07, 6.45) is 4.97. The lowest BCUT2D eigenvalue weighted by Crippen LogP contribution is -2.39. The fourth-order valence-electron chi connectivity index (χ4n) is 2.56. The molecule has 0 aliphatic heterocycles. The van der Waals surface area contributed by atoms with Crippen LogP contribution in [0, 0.1) is 0 Å². The molecular formula is C15H21BrN2O. The molecule has 1 aromatic rings. The summed E-state index contributed by atoms with van der Waals surface area (Å²) in [6.45, 7) is 2.42. The maximum atomic E-state index is 11.9. The minimum atomic E-state index is 0.0217. The van der Waals surface area contributed by atoms with E-state index in [4.69, 9.17) is 0 Å². The van der Waals surface area contributed by atoms with Crippen LogP contribution in [0.1, 0.15) is 44.2 Å². The smallest absolute Gasteiger partial charge is 0.234 e. The zero-order valence-corrected chi connectivity index (χ0v) is 12.9. The number of carbonyl (C=O) groups is 1. The van der Waals surface area contributed by atoms with Gasteiger partial charge >= 0.3 is 0 Å². The van der Waals surface area contributed by atoms with Gasteiger partial charge in [0.25, 0.3) is 0 Å². The van der Waals surface area contributed by atoms with E-state index in [2.05, 4.69) is 26.6 Å². The van der Waals surface area contributed by atoms with Crippen LogP contribution in [0.4, 0.5) is 0 Å². The summed E-state index contributed by atoms with van der Waals surface area (Å²) in [5.74, 6) is 0.0650. The largest absolute Gasteiger partial charge is 0.348 e. The van der Waals surface area contributed by atoms with Crippen molar-refractivity contribution in [2.75, 3.05) is 6.54 Å². The van der Waals surface area contributed by atoms with Crippen LogP contribution in [0.3, 0.4) is 0 Å². The Bertz CT molecular complexity index is 430. The molecule has 0 bridgehead atoms. The van der Waals surface area contributed by atoms with Crippen molar-refractivity contribution in [1.29, 1.82) is 0 Å². The van der Waals surface area contributed by atoms with Crippen molar-refractivity contribution in [2.24, 2.45) is 0 Å². The van der Waals surface area contributed by atoms with Crippen molar-refractivity contribution in [2.45, 2.75) is 44.7 Å². The van der Waals surface area contributed by atoms with Gasteiger partial charge in [-0.25, -0.2) is 0 Å². The van der Waals surface area contributed by atoms with E-state index < -0.39 is 0 Å². The number of hydrogen-bond donors (Lipinski definition) is 2. The Morgan fingerprint density at radius 2 is 2.05 bits per heavy atom. The Labute approximate surface area is 123 Å². The summed E-state index contributed by atoms with van der Waals surface area (Å²) in [6, 6.07) is 8.54. The van der Waals surface area contributed by atoms with Gasteiger partial charge in [-0.2, -0.15) is 0 Å². The van der Waals surface area contributed by atoms with E-state index in [1.807, 2.05) is 31.2 Å². The summed E-state index contributed by atoms with van der Waals surface area (Å²) in [5, 5.41) is 6.36. The molecule has 4 heteroatoms. The van der Waals surface area contributed by atoms with E-state index in [9.17, 15) is 4.79 Å². The Balaban J connectivity index is 1.79. The molecule has 1 saturated carbocycles. The molecule has 1 aromatic carbocycles. The van der Waals surface area contributed by atoms with Crippen molar-refractivity contribution in [3.8, 4) is 0 Å². The van der Waals surface area contributed by atoms with E-state index in [1.165, 1.54) is 25.7 Å². The van der Waals surface area contributed by atoms with Crippen LogP contribution < -0.4 is 10.6 Å². The molecule has 0 aromatic heterocycles. The van der Waals surface area contributed by atoms with Gasteiger partial charge in [-0.1, -0.05) is 47.0 Å². The highest BCUT2D eigenvalue weighted by Crippen LogP contribution is 2.22. The SMILES string of the molecule is C[C@@H](NC(=O)CNC1CCCC1)c1ccccc1Br. The lowest BCUT2D eigenvalue weighted by molar-refractivity contribution is -0.121. The van der Waals surface area contributed by atoms with Crippen LogP contribution in [-0.2, 0) is 4.79 Å². The lowest BCUT2D eigenvalue weighted by atomic mass is 10.1. The minimum Gasteiger partial charge on any atom is -0.348 e. The Morgan fingerprint density at radius 1 is 1.37 bits per heavy atom. The molecule has 1 aliphatic rings. The normalized spacial score (nSPS) is 17.4. The molecule has 0 spiro atoms. The number of benzene rings is 1. The maximum Gasteiger partial charge on any atom is 0.234 e. The van der Waals surface area contributed by atoms with Crippen LogP contribution in [0.5, 0.6) is 0 Å². The Kier molecular flexibility index (Phi) is 5.40. The van der Waals surface area contributed by atoms with Crippen molar-refractivity contribution < 1.29 is 4.79 Å². The van der Waals surface area contributed by atoms with Crippen LogP contribution >= 0.6 is 15.9 Å². The molecule has 1 aliphatic carbocycles. The van der Waals surface area contributed by atoms with E-state index in [-0.39, 0.29) is 11.9 Å². The van der Waals surface area contributed by atoms with Gasteiger partial charge in [0.05, 0.1) is 12.6 Å². The summed E-state index contributed by atoms with van der Waals surface area (Å²) in [5.41, 5.74) is 1.11. The first-order valence-electron chi connectivity index (χ1n) is 6.94. The first-order chi connectivity index (χ1) is 9.16. The fourth-order valence-corrected chi connectivity index (χ4v) is 3.19. The van der Waals surface area contributed by atoms with Gasteiger partial charge in [-0.15, -0.1) is 0 Å². The third kappa shape index (κ3) is 4.32. The maximum absolute atomic E-state index is 11.9. The Hall–Kier alpha value is -0.870. The number of amides is 1. The highest BCUT2D eigenvalue weighted by atomic mass is 79.9. The molecule has 2 rings (SSSR count). The molecule has 0 heterocycles. The highest BCUT2D eigenvalue weighted by Gasteiger charge is 2.16. The zero-order chi connectivity index (χ0) is 13.7. The van der Waals surface area contributed by atoms with Crippen molar-refractivity contribution in [3.05, 3.63) is 34.3 Å². The number of carbonyl (C=O) groups excluding carboxylic acids is 1. The van der Waals surface area contributed by atoms with Gasteiger partial charge in [0, 0.05) is 10.5 Å². The van der Waals surface area contributed by atoms with Gasteiger partial charge in [-0.3, -0.25) is 4.79 Å². The molecule has 104 valence electrons. The van der Waals surface area contributed by atoms with Gasteiger partial charge in [0.15, 0.2) is 0 Å². The average molecular weight is 325 g/mol. The predicted molar refractivity (Wildman–Crippen MR) is 81.0 cm³/mol. The standard InChI is InChI=1S/C15H21BrN2O/c1-11(13-8-4-5-9-14(13)16)18-15(19)10-17-12-6-2-3-7-12/h4-5,8-9,11-12,17H,2-3,6-7,10H2,1H3,(H,18,19)/t11-/m1/s1. The molecule has 3 nitrogen and oxygen atoms in total. The van der Waals surface area contributed by atoms with Crippen LogP contribution in [0.25, 0.3) is 0 Å². The molecule has 1 atom stereocenters. The monoisotopic (exact) mass is 324 g/mol.